The van der Waals surface area contributed by atoms with Gasteiger partial charge < -0.3 is 0 Å². The Morgan fingerprint density at radius 3 is 1.35 bits per heavy atom. The fourth-order valence-electron chi connectivity index (χ4n) is 4.24. The summed E-state index contributed by atoms with van der Waals surface area (Å²) in [6.45, 7) is 9.07. The van der Waals surface area contributed by atoms with Gasteiger partial charge in [0.2, 0.25) is 0 Å². The lowest BCUT2D eigenvalue weighted by molar-refractivity contribution is -0.130. The standard InChI is InChI=1S/C25H50O/c1-5-9-12-15-16-17-18-21-24(26)25(8-4,22-19-13-10-6-2)23-20-14-11-7-3/h5-23H2,1-4H3. The van der Waals surface area contributed by atoms with Crippen LogP contribution in [0.3, 0.4) is 0 Å². The number of carbonyl (C=O) groups excluding carboxylic acids is 1. The minimum atomic E-state index is 0.00366. The number of rotatable bonds is 20. The van der Waals surface area contributed by atoms with Crippen molar-refractivity contribution in [3.05, 3.63) is 0 Å². The van der Waals surface area contributed by atoms with Crippen LogP contribution in [0.2, 0.25) is 0 Å². The van der Waals surface area contributed by atoms with Crippen molar-refractivity contribution >= 4 is 5.78 Å². The Balaban J connectivity index is 4.40. The lowest BCUT2D eigenvalue weighted by Crippen LogP contribution is -2.30. The van der Waals surface area contributed by atoms with Gasteiger partial charge in [-0.1, -0.05) is 118 Å². The molecule has 0 radical (unpaired) electrons. The smallest absolute Gasteiger partial charge is 0.139 e. The summed E-state index contributed by atoms with van der Waals surface area (Å²) >= 11 is 0. The van der Waals surface area contributed by atoms with E-state index in [0.29, 0.717) is 5.78 Å². The highest BCUT2D eigenvalue weighted by Gasteiger charge is 2.34. The molecule has 0 aliphatic rings. The molecule has 0 aliphatic carbocycles. The maximum absolute atomic E-state index is 13.2. The zero-order valence-corrected chi connectivity index (χ0v) is 18.8. The second-order valence-electron chi connectivity index (χ2n) is 8.55. The number of hydrogen-bond donors (Lipinski definition) is 0. The van der Waals surface area contributed by atoms with Gasteiger partial charge in [-0.25, -0.2) is 0 Å². The molecule has 26 heavy (non-hydrogen) atoms. The van der Waals surface area contributed by atoms with E-state index in [-0.39, 0.29) is 5.41 Å². The van der Waals surface area contributed by atoms with Crippen LogP contribution in [0.15, 0.2) is 0 Å². The minimum Gasteiger partial charge on any atom is -0.299 e. The van der Waals surface area contributed by atoms with E-state index in [4.69, 9.17) is 0 Å². The Morgan fingerprint density at radius 1 is 0.538 bits per heavy atom. The fourth-order valence-corrected chi connectivity index (χ4v) is 4.24. The molecule has 0 saturated carbocycles. The topological polar surface area (TPSA) is 17.1 Å². The van der Waals surface area contributed by atoms with Crippen LogP contribution < -0.4 is 0 Å². The summed E-state index contributed by atoms with van der Waals surface area (Å²) in [4.78, 5) is 13.2. The third-order valence-corrected chi connectivity index (χ3v) is 6.29. The Morgan fingerprint density at radius 2 is 0.923 bits per heavy atom. The third-order valence-electron chi connectivity index (χ3n) is 6.29. The molecule has 0 saturated heterocycles. The molecule has 0 unspecified atom stereocenters. The molecule has 1 nitrogen and oxygen atoms in total. The van der Waals surface area contributed by atoms with Crippen molar-refractivity contribution < 1.29 is 4.79 Å². The third kappa shape index (κ3) is 12.1. The van der Waals surface area contributed by atoms with Gasteiger partial charge in [-0.2, -0.15) is 0 Å². The van der Waals surface area contributed by atoms with Crippen molar-refractivity contribution in [1.82, 2.24) is 0 Å². The van der Waals surface area contributed by atoms with Crippen molar-refractivity contribution in [2.45, 2.75) is 150 Å². The molecule has 0 aliphatic heterocycles. The van der Waals surface area contributed by atoms with E-state index in [9.17, 15) is 4.79 Å². The molecule has 0 amide bonds. The van der Waals surface area contributed by atoms with E-state index in [1.165, 1.54) is 89.9 Å². The molecule has 0 aromatic rings. The van der Waals surface area contributed by atoms with E-state index in [1.807, 2.05) is 0 Å². The molecule has 0 fully saturated rings. The minimum absolute atomic E-state index is 0.00366. The summed E-state index contributed by atoms with van der Waals surface area (Å²) in [7, 11) is 0. The fraction of sp³-hybridized carbons (Fsp3) is 0.960. The lowest BCUT2D eigenvalue weighted by atomic mass is 9.71. The van der Waals surface area contributed by atoms with Gasteiger partial charge in [0.05, 0.1) is 0 Å². The highest BCUT2D eigenvalue weighted by Crippen LogP contribution is 2.38. The van der Waals surface area contributed by atoms with Gasteiger partial charge in [0.15, 0.2) is 0 Å². The molecule has 0 aromatic heterocycles. The van der Waals surface area contributed by atoms with E-state index in [1.54, 1.807) is 0 Å². The Kier molecular flexibility index (Phi) is 17.8. The van der Waals surface area contributed by atoms with Gasteiger partial charge >= 0.3 is 0 Å². The number of unbranched alkanes of at least 4 members (excludes halogenated alkanes) is 12. The van der Waals surface area contributed by atoms with Crippen LogP contribution in [0.1, 0.15) is 150 Å². The van der Waals surface area contributed by atoms with E-state index in [2.05, 4.69) is 27.7 Å². The van der Waals surface area contributed by atoms with Crippen LogP contribution in [0.25, 0.3) is 0 Å². The van der Waals surface area contributed by atoms with E-state index in [0.717, 1.165) is 32.1 Å². The highest BCUT2D eigenvalue weighted by molar-refractivity contribution is 5.84. The number of Topliss-reactive ketones (excluding diaryl/α,β-unsaturated/α-hetero) is 1. The summed E-state index contributed by atoms with van der Waals surface area (Å²) < 4.78 is 0. The maximum atomic E-state index is 13.2. The molecule has 156 valence electrons. The SMILES string of the molecule is CCCCCCCCCC(=O)C(CC)(CCCCCC)CCCCCC. The van der Waals surface area contributed by atoms with E-state index >= 15 is 0 Å². The number of carbonyl (C=O) groups is 1. The predicted octanol–water partition coefficient (Wildman–Crippen LogP) is 9.03. The van der Waals surface area contributed by atoms with Crippen LogP contribution >= 0.6 is 0 Å². The molecule has 0 bridgehead atoms. The van der Waals surface area contributed by atoms with Crippen molar-refractivity contribution in [1.29, 1.82) is 0 Å². The summed E-state index contributed by atoms with van der Waals surface area (Å²) in [6, 6.07) is 0. The summed E-state index contributed by atoms with van der Waals surface area (Å²) in [5.74, 6) is 0.599. The number of ketones is 1. The van der Waals surface area contributed by atoms with Gasteiger partial charge in [-0.3, -0.25) is 4.79 Å². The normalized spacial score (nSPS) is 11.8. The molecule has 0 spiro atoms. The summed E-state index contributed by atoms with van der Waals surface area (Å²) in [5, 5.41) is 0. The van der Waals surface area contributed by atoms with Crippen LogP contribution in [-0.2, 0) is 4.79 Å². The highest BCUT2D eigenvalue weighted by atomic mass is 16.1. The quantitative estimate of drug-likeness (QED) is 0.196. The zero-order valence-electron chi connectivity index (χ0n) is 18.8. The second kappa shape index (κ2) is 18.1. The summed E-state index contributed by atoms with van der Waals surface area (Å²) in [6.07, 6.45) is 23.6. The van der Waals surface area contributed by atoms with Crippen LogP contribution in [0.5, 0.6) is 0 Å². The van der Waals surface area contributed by atoms with Gasteiger partial charge in [0.1, 0.15) is 5.78 Å². The van der Waals surface area contributed by atoms with Crippen LogP contribution in [0.4, 0.5) is 0 Å². The number of hydrogen-bond acceptors (Lipinski definition) is 1. The van der Waals surface area contributed by atoms with Gasteiger partial charge in [0.25, 0.3) is 0 Å². The largest absolute Gasteiger partial charge is 0.299 e. The summed E-state index contributed by atoms with van der Waals surface area (Å²) in [5.41, 5.74) is 0.00366. The molecule has 0 heterocycles. The van der Waals surface area contributed by atoms with Crippen molar-refractivity contribution in [3.63, 3.8) is 0 Å². The molecule has 0 atom stereocenters. The molecular weight excluding hydrogens is 316 g/mol. The van der Waals surface area contributed by atoms with Crippen LogP contribution in [-0.4, -0.2) is 5.78 Å². The first-order chi connectivity index (χ1) is 12.7. The first-order valence-corrected chi connectivity index (χ1v) is 12.2. The first kappa shape index (κ1) is 25.7. The molecule has 0 aromatic carbocycles. The van der Waals surface area contributed by atoms with Gasteiger partial charge in [-0.15, -0.1) is 0 Å². The second-order valence-corrected chi connectivity index (χ2v) is 8.55. The van der Waals surface area contributed by atoms with Crippen LogP contribution in [0, 0.1) is 5.41 Å². The van der Waals surface area contributed by atoms with Crippen molar-refractivity contribution in [3.8, 4) is 0 Å². The first-order valence-electron chi connectivity index (χ1n) is 12.2. The average Bonchev–Trinajstić information content (AvgIpc) is 2.66. The molecular formula is C25H50O. The molecule has 0 rings (SSSR count). The Bertz CT molecular complexity index is 295. The maximum Gasteiger partial charge on any atom is 0.139 e. The lowest BCUT2D eigenvalue weighted by Gasteiger charge is -2.32. The van der Waals surface area contributed by atoms with E-state index < -0.39 is 0 Å². The zero-order chi connectivity index (χ0) is 19.5. The Hall–Kier alpha value is -0.330. The molecule has 1 heteroatoms. The molecule has 0 N–H and O–H groups in total. The average molecular weight is 367 g/mol. The predicted molar refractivity (Wildman–Crippen MR) is 118 cm³/mol. The van der Waals surface area contributed by atoms with Crippen molar-refractivity contribution in [2.75, 3.05) is 0 Å². The van der Waals surface area contributed by atoms with Crippen molar-refractivity contribution in [2.24, 2.45) is 5.41 Å². The Labute approximate surface area is 166 Å². The monoisotopic (exact) mass is 366 g/mol. The van der Waals surface area contributed by atoms with Gasteiger partial charge in [0, 0.05) is 11.8 Å². The van der Waals surface area contributed by atoms with Gasteiger partial charge in [-0.05, 0) is 25.7 Å².